The molecule has 2 heterocycles. The van der Waals surface area contributed by atoms with Crippen molar-refractivity contribution in [2.75, 3.05) is 0 Å². The number of carbonyl (C=O) groups excluding carboxylic acids is 1. The summed E-state index contributed by atoms with van der Waals surface area (Å²) in [5, 5.41) is 3.81. The van der Waals surface area contributed by atoms with Gasteiger partial charge in [0.1, 0.15) is 5.60 Å². The number of rotatable bonds is 4. The first-order valence-electron chi connectivity index (χ1n) is 9.13. The maximum atomic E-state index is 12.5. The molecule has 7 heteroatoms. The summed E-state index contributed by atoms with van der Waals surface area (Å²) in [5.74, 6) is 0. The van der Waals surface area contributed by atoms with Crippen LogP contribution in [0.4, 0.5) is 4.79 Å². The molecule has 0 saturated carbocycles. The Morgan fingerprint density at radius 2 is 1.85 bits per heavy atom. The number of hydrogen-bond donors (Lipinski definition) is 0. The maximum Gasteiger partial charge on any atom is 0.410 e. The molecule has 7 nitrogen and oxygen atoms in total. The highest BCUT2D eigenvalue weighted by atomic mass is 16.6. The van der Waals surface area contributed by atoms with Gasteiger partial charge < -0.3 is 14.4 Å². The number of azide groups is 1. The first-order valence-corrected chi connectivity index (χ1v) is 9.13. The lowest BCUT2D eigenvalue weighted by Crippen LogP contribution is -2.50. The molecule has 3 unspecified atom stereocenters. The zero-order valence-corrected chi connectivity index (χ0v) is 15.5. The average Bonchev–Trinajstić information content (AvgIpc) is 2.85. The van der Waals surface area contributed by atoms with Gasteiger partial charge in [-0.05, 0) is 57.5 Å². The van der Waals surface area contributed by atoms with Crippen LogP contribution in [-0.4, -0.2) is 34.8 Å². The average molecular weight is 358 g/mol. The van der Waals surface area contributed by atoms with Crippen LogP contribution in [0.25, 0.3) is 10.4 Å². The molecule has 1 amide bonds. The Bertz CT molecular complexity index is 668. The van der Waals surface area contributed by atoms with Gasteiger partial charge in [0.15, 0.2) is 6.23 Å². The van der Waals surface area contributed by atoms with E-state index in [1.165, 1.54) is 0 Å². The molecule has 1 aromatic carbocycles. The number of ether oxygens (including phenoxy) is 2. The lowest BCUT2D eigenvalue weighted by molar-refractivity contribution is -0.0635. The van der Waals surface area contributed by atoms with E-state index in [9.17, 15) is 4.79 Å². The molecule has 0 aromatic heterocycles. The van der Waals surface area contributed by atoms with E-state index in [0.717, 1.165) is 31.2 Å². The van der Waals surface area contributed by atoms with Crippen LogP contribution in [0.15, 0.2) is 35.4 Å². The number of fused-ring (bicyclic) bond motifs is 2. The SMILES string of the molecule is CC(C)(C)OC(=O)N1C2CCC1CC(OC(N=[N+]=[N-])c1ccccc1)C2. The molecular weight excluding hydrogens is 332 g/mol. The number of hydrogen-bond acceptors (Lipinski definition) is 4. The smallest absolute Gasteiger partial charge is 0.410 e. The topological polar surface area (TPSA) is 87.5 Å². The van der Waals surface area contributed by atoms with Gasteiger partial charge >= 0.3 is 6.09 Å². The van der Waals surface area contributed by atoms with Gasteiger partial charge in [0.2, 0.25) is 0 Å². The van der Waals surface area contributed by atoms with E-state index in [1.807, 2.05) is 56.0 Å². The Balaban J connectivity index is 1.66. The highest BCUT2D eigenvalue weighted by molar-refractivity contribution is 5.69. The predicted molar refractivity (Wildman–Crippen MR) is 97.3 cm³/mol. The molecule has 2 saturated heterocycles. The van der Waals surface area contributed by atoms with Crippen LogP contribution in [0.1, 0.15) is 58.2 Å². The van der Waals surface area contributed by atoms with Crippen LogP contribution in [-0.2, 0) is 9.47 Å². The second-order valence-electron chi connectivity index (χ2n) is 7.97. The largest absolute Gasteiger partial charge is 0.444 e. The zero-order valence-electron chi connectivity index (χ0n) is 15.5. The molecule has 2 bridgehead atoms. The molecule has 1 aromatic rings. The number of carbonyl (C=O) groups is 1. The van der Waals surface area contributed by atoms with Gasteiger partial charge in [0, 0.05) is 17.0 Å². The van der Waals surface area contributed by atoms with E-state index < -0.39 is 11.8 Å². The molecule has 3 rings (SSSR count). The molecule has 0 radical (unpaired) electrons. The second-order valence-corrected chi connectivity index (χ2v) is 7.97. The van der Waals surface area contributed by atoms with Crippen molar-refractivity contribution in [3.8, 4) is 0 Å². The van der Waals surface area contributed by atoms with Gasteiger partial charge in [-0.25, -0.2) is 4.79 Å². The Morgan fingerprint density at radius 3 is 2.38 bits per heavy atom. The van der Waals surface area contributed by atoms with Crippen LogP contribution < -0.4 is 0 Å². The van der Waals surface area contributed by atoms with Crippen LogP contribution >= 0.6 is 0 Å². The van der Waals surface area contributed by atoms with Gasteiger partial charge in [-0.2, -0.15) is 0 Å². The first kappa shape index (κ1) is 18.5. The van der Waals surface area contributed by atoms with Gasteiger partial charge in [-0.15, -0.1) is 0 Å². The van der Waals surface area contributed by atoms with Crippen molar-refractivity contribution in [1.82, 2.24) is 4.90 Å². The highest BCUT2D eigenvalue weighted by Crippen LogP contribution is 2.39. The summed E-state index contributed by atoms with van der Waals surface area (Å²) in [7, 11) is 0. The Labute approximate surface area is 153 Å². The minimum Gasteiger partial charge on any atom is -0.444 e. The zero-order chi connectivity index (χ0) is 18.7. The van der Waals surface area contributed by atoms with Gasteiger partial charge in [-0.3, -0.25) is 0 Å². The van der Waals surface area contributed by atoms with Gasteiger partial charge in [0.05, 0.1) is 6.10 Å². The fourth-order valence-electron chi connectivity index (χ4n) is 3.87. The van der Waals surface area contributed by atoms with E-state index >= 15 is 0 Å². The molecular formula is C19H26N4O3. The molecule has 0 aliphatic carbocycles. The summed E-state index contributed by atoms with van der Waals surface area (Å²) < 4.78 is 11.7. The van der Waals surface area contributed by atoms with Crippen molar-refractivity contribution < 1.29 is 14.3 Å². The van der Waals surface area contributed by atoms with E-state index in [0.29, 0.717) is 0 Å². The van der Waals surface area contributed by atoms with Gasteiger partial charge in [0.25, 0.3) is 0 Å². The van der Waals surface area contributed by atoms with E-state index in [1.54, 1.807) is 0 Å². The Morgan fingerprint density at radius 1 is 1.23 bits per heavy atom. The third-order valence-electron chi connectivity index (χ3n) is 4.86. The monoisotopic (exact) mass is 358 g/mol. The quantitative estimate of drug-likeness (QED) is 0.434. The van der Waals surface area contributed by atoms with E-state index in [-0.39, 0.29) is 24.3 Å². The standard InChI is InChI=1S/C19H26N4O3/c1-19(2,3)26-18(24)23-14-9-10-15(23)12-16(11-14)25-17(21-22-20)13-7-5-4-6-8-13/h4-8,14-17H,9-12H2,1-3H3. The molecule has 140 valence electrons. The molecule has 2 aliphatic rings. The molecule has 0 spiro atoms. The van der Waals surface area contributed by atoms with Crippen LogP contribution in [0.3, 0.4) is 0 Å². The fraction of sp³-hybridized carbons (Fsp3) is 0.632. The van der Waals surface area contributed by atoms with Crippen LogP contribution in [0.2, 0.25) is 0 Å². The van der Waals surface area contributed by atoms with Crippen LogP contribution in [0.5, 0.6) is 0 Å². The molecule has 3 atom stereocenters. The normalized spacial score (nSPS) is 26.1. The lowest BCUT2D eigenvalue weighted by atomic mass is 10.00. The predicted octanol–water partition coefficient (Wildman–Crippen LogP) is 4.94. The van der Waals surface area contributed by atoms with Crippen molar-refractivity contribution in [1.29, 1.82) is 0 Å². The number of nitrogens with zero attached hydrogens (tertiary/aromatic N) is 4. The molecule has 2 aliphatic heterocycles. The highest BCUT2D eigenvalue weighted by Gasteiger charge is 2.45. The summed E-state index contributed by atoms with van der Waals surface area (Å²) in [4.78, 5) is 17.3. The van der Waals surface area contributed by atoms with Crippen molar-refractivity contribution >= 4 is 6.09 Å². The summed E-state index contributed by atoms with van der Waals surface area (Å²) in [6.07, 6.45) is 2.47. The van der Waals surface area contributed by atoms with Gasteiger partial charge in [-0.1, -0.05) is 35.4 Å². The van der Waals surface area contributed by atoms with E-state index in [2.05, 4.69) is 10.0 Å². The number of benzene rings is 1. The minimum absolute atomic E-state index is 0.0399. The molecule has 26 heavy (non-hydrogen) atoms. The minimum atomic E-state index is -0.640. The van der Waals surface area contributed by atoms with Crippen molar-refractivity contribution in [3.63, 3.8) is 0 Å². The molecule has 0 N–H and O–H groups in total. The number of piperidine rings is 1. The summed E-state index contributed by atoms with van der Waals surface area (Å²) in [6, 6.07) is 9.73. The van der Waals surface area contributed by atoms with Crippen LogP contribution in [0, 0.1) is 0 Å². The Hall–Kier alpha value is -2.24. The fourth-order valence-corrected chi connectivity index (χ4v) is 3.87. The van der Waals surface area contributed by atoms with Crippen molar-refractivity contribution in [2.45, 2.75) is 76.5 Å². The number of amides is 1. The van der Waals surface area contributed by atoms with Crippen molar-refractivity contribution in [2.24, 2.45) is 5.11 Å². The van der Waals surface area contributed by atoms with E-state index in [4.69, 9.17) is 15.0 Å². The first-order chi connectivity index (χ1) is 12.4. The maximum absolute atomic E-state index is 12.5. The lowest BCUT2D eigenvalue weighted by Gasteiger charge is -2.40. The molecule has 2 fully saturated rings. The van der Waals surface area contributed by atoms with Crippen molar-refractivity contribution in [3.05, 3.63) is 46.3 Å². The Kier molecular flexibility index (Phi) is 5.39. The third kappa shape index (κ3) is 4.29. The third-order valence-corrected chi connectivity index (χ3v) is 4.86. The summed E-state index contributed by atoms with van der Waals surface area (Å²) in [5.41, 5.74) is 9.22. The second kappa shape index (κ2) is 7.56. The summed E-state index contributed by atoms with van der Waals surface area (Å²) in [6.45, 7) is 5.65. The summed E-state index contributed by atoms with van der Waals surface area (Å²) >= 11 is 0.